The van der Waals surface area contributed by atoms with Gasteiger partial charge in [0.05, 0.1) is 4.92 Å². The van der Waals surface area contributed by atoms with Crippen molar-refractivity contribution in [1.29, 1.82) is 0 Å². The molecule has 2 aromatic rings. The third-order valence-corrected chi connectivity index (χ3v) is 6.62. The summed E-state index contributed by atoms with van der Waals surface area (Å²) in [4.78, 5) is 44.6. The fourth-order valence-electron chi connectivity index (χ4n) is 4.76. The van der Waals surface area contributed by atoms with Crippen LogP contribution in [-0.4, -0.2) is 57.2 Å². The van der Waals surface area contributed by atoms with Crippen LogP contribution in [0.3, 0.4) is 0 Å². The van der Waals surface area contributed by atoms with E-state index >= 15 is 0 Å². The minimum absolute atomic E-state index is 0.105. The van der Waals surface area contributed by atoms with Gasteiger partial charge in [-0.05, 0) is 30.9 Å². The standard InChI is InChI=1S/C23H29N5O4/c1-25-10-9-24-23(25)22(30)18-7-8-19(20(16-18)28(31)32)26-11-13-27(14-12-26)21(29)15-17-5-3-2-4-6-17/h7-10,16-17H,2-6,11-15H2,1H3. The number of aryl methyl sites for hydroxylation is 1. The van der Waals surface area contributed by atoms with E-state index in [1.165, 1.54) is 31.5 Å². The van der Waals surface area contributed by atoms with Crippen LogP contribution in [0.2, 0.25) is 0 Å². The van der Waals surface area contributed by atoms with Gasteiger partial charge >= 0.3 is 0 Å². The Morgan fingerprint density at radius 3 is 2.47 bits per heavy atom. The van der Waals surface area contributed by atoms with Crippen LogP contribution in [-0.2, 0) is 11.8 Å². The zero-order valence-corrected chi connectivity index (χ0v) is 18.4. The lowest BCUT2D eigenvalue weighted by Crippen LogP contribution is -2.49. The number of hydrogen-bond acceptors (Lipinski definition) is 6. The molecule has 1 saturated heterocycles. The second-order valence-corrected chi connectivity index (χ2v) is 8.73. The number of amides is 1. The summed E-state index contributed by atoms with van der Waals surface area (Å²) in [6, 6.07) is 4.57. The molecule has 1 amide bonds. The van der Waals surface area contributed by atoms with Crippen molar-refractivity contribution in [2.75, 3.05) is 31.1 Å². The second-order valence-electron chi connectivity index (χ2n) is 8.73. The molecule has 1 aliphatic carbocycles. The van der Waals surface area contributed by atoms with E-state index < -0.39 is 4.92 Å². The zero-order valence-electron chi connectivity index (χ0n) is 18.4. The number of ketones is 1. The predicted molar refractivity (Wildman–Crippen MR) is 120 cm³/mol. The fraction of sp³-hybridized carbons (Fsp3) is 0.522. The highest BCUT2D eigenvalue weighted by Gasteiger charge is 2.28. The van der Waals surface area contributed by atoms with Crippen LogP contribution in [0.15, 0.2) is 30.6 Å². The molecule has 32 heavy (non-hydrogen) atoms. The number of hydrogen-bond donors (Lipinski definition) is 0. The van der Waals surface area contributed by atoms with E-state index in [-0.39, 0.29) is 28.8 Å². The highest BCUT2D eigenvalue weighted by molar-refractivity contribution is 6.07. The molecule has 4 rings (SSSR count). The minimum atomic E-state index is -0.453. The first-order chi connectivity index (χ1) is 15.4. The van der Waals surface area contributed by atoms with E-state index in [1.807, 2.05) is 9.80 Å². The third-order valence-electron chi connectivity index (χ3n) is 6.62. The number of aromatic nitrogens is 2. The van der Waals surface area contributed by atoms with Gasteiger partial charge in [-0.1, -0.05) is 19.3 Å². The average Bonchev–Trinajstić information content (AvgIpc) is 3.24. The van der Waals surface area contributed by atoms with Crippen molar-refractivity contribution in [3.8, 4) is 0 Å². The summed E-state index contributed by atoms with van der Waals surface area (Å²) < 4.78 is 1.59. The SMILES string of the molecule is Cn1ccnc1C(=O)c1ccc(N2CCN(C(=O)CC3CCCCC3)CC2)c([N+](=O)[O-])c1. The maximum atomic E-state index is 12.7. The molecule has 2 aliphatic rings. The molecule has 0 bridgehead atoms. The van der Waals surface area contributed by atoms with E-state index in [0.29, 0.717) is 44.2 Å². The first-order valence-corrected chi connectivity index (χ1v) is 11.3. The zero-order chi connectivity index (χ0) is 22.7. The maximum Gasteiger partial charge on any atom is 0.293 e. The molecule has 170 valence electrons. The molecular formula is C23H29N5O4. The molecule has 9 heteroatoms. The molecule has 0 atom stereocenters. The van der Waals surface area contributed by atoms with Crippen molar-refractivity contribution in [2.24, 2.45) is 13.0 Å². The lowest BCUT2D eigenvalue weighted by molar-refractivity contribution is -0.384. The molecule has 0 unspecified atom stereocenters. The molecule has 1 saturated carbocycles. The molecule has 1 aliphatic heterocycles. The van der Waals surface area contributed by atoms with Crippen molar-refractivity contribution in [3.63, 3.8) is 0 Å². The van der Waals surface area contributed by atoms with E-state index in [1.54, 1.807) is 29.9 Å². The van der Waals surface area contributed by atoms with Gasteiger partial charge in [0, 0.05) is 63.7 Å². The Morgan fingerprint density at radius 1 is 1.12 bits per heavy atom. The number of piperazine rings is 1. The molecular weight excluding hydrogens is 410 g/mol. The number of nitro groups is 1. The van der Waals surface area contributed by atoms with E-state index in [2.05, 4.69) is 4.98 Å². The molecule has 0 N–H and O–H groups in total. The van der Waals surface area contributed by atoms with Crippen LogP contribution in [0, 0.1) is 16.0 Å². The minimum Gasteiger partial charge on any atom is -0.362 e. The summed E-state index contributed by atoms with van der Waals surface area (Å²) in [7, 11) is 1.71. The summed E-state index contributed by atoms with van der Waals surface area (Å²) in [5.74, 6) is 0.573. The first kappa shape index (κ1) is 22.0. The Morgan fingerprint density at radius 2 is 1.84 bits per heavy atom. The van der Waals surface area contributed by atoms with Crippen molar-refractivity contribution in [1.82, 2.24) is 14.5 Å². The van der Waals surface area contributed by atoms with E-state index in [9.17, 15) is 19.7 Å². The van der Waals surface area contributed by atoms with Crippen molar-refractivity contribution in [2.45, 2.75) is 38.5 Å². The average molecular weight is 440 g/mol. The summed E-state index contributed by atoms with van der Waals surface area (Å²) >= 11 is 0. The molecule has 0 radical (unpaired) electrons. The van der Waals surface area contributed by atoms with Crippen LogP contribution in [0.1, 0.15) is 54.7 Å². The van der Waals surface area contributed by atoms with Crippen LogP contribution in [0.25, 0.3) is 0 Å². The van der Waals surface area contributed by atoms with Crippen molar-refractivity contribution >= 4 is 23.1 Å². The number of anilines is 1. The lowest BCUT2D eigenvalue weighted by Gasteiger charge is -2.36. The number of nitrogens with zero attached hydrogens (tertiary/aromatic N) is 5. The first-order valence-electron chi connectivity index (χ1n) is 11.3. The normalized spacial score (nSPS) is 17.4. The van der Waals surface area contributed by atoms with Gasteiger partial charge in [0.25, 0.3) is 5.69 Å². The summed E-state index contributed by atoms with van der Waals surface area (Å²) in [6.45, 7) is 2.17. The largest absolute Gasteiger partial charge is 0.362 e. The molecule has 2 fully saturated rings. The quantitative estimate of drug-likeness (QED) is 0.389. The highest BCUT2D eigenvalue weighted by Crippen LogP contribution is 2.31. The lowest BCUT2D eigenvalue weighted by atomic mass is 9.86. The van der Waals surface area contributed by atoms with Gasteiger partial charge in [0.2, 0.25) is 11.7 Å². The number of imidazole rings is 1. The molecule has 1 aromatic carbocycles. The van der Waals surface area contributed by atoms with Gasteiger partial charge in [0.1, 0.15) is 5.69 Å². The number of carbonyl (C=O) groups excluding carboxylic acids is 2. The Hall–Kier alpha value is -3.23. The highest BCUT2D eigenvalue weighted by atomic mass is 16.6. The van der Waals surface area contributed by atoms with Gasteiger partial charge in [0.15, 0.2) is 5.82 Å². The Bertz CT molecular complexity index is 1000. The smallest absolute Gasteiger partial charge is 0.293 e. The van der Waals surface area contributed by atoms with Crippen LogP contribution in [0.5, 0.6) is 0 Å². The molecule has 0 spiro atoms. The van der Waals surface area contributed by atoms with Crippen LogP contribution < -0.4 is 4.90 Å². The predicted octanol–water partition coefficient (Wildman–Crippen LogP) is 3.18. The van der Waals surface area contributed by atoms with Gasteiger partial charge in [-0.15, -0.1) is 0 Å². The summed E-state index contributed by atoms with van der Waals surface area (Å²) in [5.41, 5.74) is 0.605. The third kappa shape index (κ3) is 4.66. The van der Waals surface area contributed by atoms with Crippen molar-refractivity contribution in [3.05, 3.63) is 52.1 Å². The number of nitro benzene ring substituents is 1. The summed E-state index contributed by atoms with van der Waals surface area (Å²) in [5, 5.41) is 11.8. The molecule has 9 nitrogen and oxygen atoms in total. The second kappa shape index (κ2) is 9.50. The number of rotatable bonds is 6. The van der Waals surface area contributed by atoms with Gasteiger partial charge in [-0.2, -0.15) is 0 Å². The number of carbonyl (C=O) groups is 2. The van der Waals surface area contributed by atoms with Crippen molar-refractivity contribution < 1.29 is 14.5 Å². The summed E-state index contributed by atoms with van der Waals surface area (Å²) in [6.07, 6.45) is 9.78. The topological polar surface area (TPSA) is 102 Å². The van der Waals surface area contributed by atoms with Crippen LogP contribution >= 0.6 is 0 Å². The van der Waals surface area contributed by atoms with E-state index in [4.69, 9.17) is 0 Å². The van der Waals surface area contributed by atoms with Gasteiger partial charge in [-0.3, -0.25) is 19.7 Å². The van der Waals surface area contributed by atoms with E-state index in [0.717, 1.165) is 12.8 Å². The number of benzene rings is 1. The van der Waals surface area contributed by atoms with Crippen LogP contribution in [0.4, 0.5) is 11.4 Å². The molecule has 1 aromatic heterocycles. The van der Waals surface area contributed by atoms with Gasteiger partial charge < -0.3 is 14.4 Å². The Kier molecular flexibility index (Phi) is 6.53. The maximum absolute atomic E-state index is 12.7. The monoisotopic (exact) mass is 439 g/mol. The fourth-order valence-corrected chi connectivity index (χ4v) is 4.76. The molecule has 2 heterocycles. The van der Waals surface area contributed by atoms with Gasteiger partial charge in [-0.25, -0.2) is 4.98 Å². The Balaban J connectivity index is 1.43. The Labute approximate surface area is 187 Å².